The zero-order valence-electron chi connectivity index (χ0n) is 10.3. The Balaban J connectivity index is 2.38. The summed E-state index contributed by atoms with van der Waals surface area (Å²) >= 11 is 0. The lowest BCUT2D eigenvalue weighted by molar-refractivity contribution is 0.193. The molecule has 0 radical (unpaired) electrons. The van der Waals surface area contributed by atoms with Crippen molar-refractivity contribution in [3.8, 4) is 0 Å². The summed E-state index contributed by atoms with van der Waals surface area (Å²) in [5.74, 6) is 0. The molecule has 0 amide bonds. The van der Waals surface area contributed by atoms with Gasteiger partial charge in [-0.1, -0.05) is 6.07 Å². The highest BCUT2D eigenvalue weighted by molar-refractivity contribution is 5.08. The fourth-order valence-electron chi connectivity index (χ4n) is 1.72. The van der Waals surface area contributed by atoms with Crippen molar-refractivity contribution >= 4 is 0 Å². The Bertz CT molecular complexity index is 275. The van der Waals surface area contributed by atoms with Crippen LogP contribution >= 0.6 is 0 Å². The first kappa shape index (κ1) is 13.1. The molecule has 1 aromatic rings. The van der Waals surface area contributed by atoms with E-state index in [0.717, 1.165) is 25.9 Å². The second-order valence-electron chi connectivity index (χ2n) is 4.32. The summed E-state index contributed by atoms with van der Waals surface area (Å²) in [4.78, 5) is 6.50. The van der Waals surface area contributed by atoms with Gasteiger partial charge in [-0.15, -0.1) is 0 Å². The van der Waals surface area contributed by atoms with Crippen LogP contribution in [0, 0.1) is 0 Å². The summed E-state index contributed by atoms with van der Waals surface area (Å²) in [5.41, 5.74) is 1.28. The maximum atomic E-state index is 8.85. The van der Waals surface area contributed by atoms with Crippen LogP contribution in [-0.2, 0) is 6.42 Å². The van der Waals surface area contributed by atoms with Crippen molar-refractivity contribution in [2.45, 2.75) is 32.7 Å². The molecule has 0 atom stereocenters. The Morgan fingerprint density at radius 3 is 2.75 bits per heavy atom. The molecule has 0 saturated carbocycles. The highest BCUT2D eigenvalue weighted by Crippen LogP contribution is 2.04. The average Bonchev–Trinajstić information content (AvgIpc) is 2.30. The standard InChI is InChI=1S/C13H22N2O/c1-12(2)15(8-4-10-16)9-6-13-5-3-7-14-11-13/h3,5,7,11-12,16H,4,6,8-10H2,1-2H3. The van der Waals surface area contributed by atoms with Crippen LogP contribution < -0.4 is 0 Å². The SMILES string of the molecule is CC(C)N(CCCO)CCc1cccnc1. The topological polar surface area (TPSA) is 36.4 Å². The van der Waals surface area contributed by atoms with Gasteiger partial charge in [-0.05, 0) is 38.3 Å². The van der Waals surface area contributed by atoms with E-state index in [0.29, 0.717) is 6.04 Å². The second-order valence-corrected chi connectivity index (χ2v) is 4.32. The molecule has 0 saturated heterocycles. The van der Waals surface area contributed by atoms with Gasteiger partial charge in [-0.3, -0.25) is 4.98 Å². The predicted molar refractivity (Wildman–Crippen MR) is 66.4 cm³/mol. The summed E-state index contributed by atoms with van der Waals surface area (Å²) in [6, 6.07) is 4.61. The largest absolute Gasteiger partial charge is 0.396 e. The first-order chi connectivity index (χ1) is 7.74. The van der Waals surface area contributed by atoms with E-state index in [2.05, 4.69) is 29.8 Å². The van der Waals surface area contributed by atoms with Gasteiger partial charge in [0.05, 0.1) is 0 Å². The molecule has 3 nitrogen and oxygen atoms in total. The lowest BCUT2D eigenvalue weighted by atomic mass is 10.2. The molecule has 0 aliphatic heterocycles. The van der Waals surface area contributed by atoms with E-state index in [-0.39, 0.29) is 6.61 Å². The first-order valence-corrected chi connectivity index (χ1v) is 5.98. The van der Waals surface area contributed by atoms with E-state index in [1.54, 1.807) is 6.20 Å². The van der Waals surface area contributed by atoms with Crippen molar-refractivity contribution in [3.05, 3.63) is 30.1 Å². The number of aromatic nitrogens is 1. The third-order valence-electron chi connectivity index (χ3n) is 2.74. The van der Waals surface area contributed by atoms with Crippen LogP contribution in [-0.4, -0.2) is 40.7 Å². The van der Waals surface area contributed by atoms with Crippen molar-refractivity contribution in [2.24, 2.45) is 0 Å². The summed E-state index contributed by atoms with van der Waals surface area (Å²) in [6.45, 7) is 6.66. The molecule has 0 aliphatic rings. The van der Waals surface area contributed by atoms with E-state index >= 15 is 0 Å². The van der Waals surface area contributed by atoms with Crippen LogP contribution in [0.1, 0.15) is 25.8 Å². The van der Waals surface area contributed by atoms with E-state index < -0.39 is 0 Å². The molecular weight excluding hydrogens is 200 g/mol. The summed E-state index contributed by atoms with van der Waals surface area (Å²) < 4.78 is 0. The molecule has 3 heteroatoms. The molecule has 0 aromatic carbocycles. The van der Waals surface area contributed by atoms with Gasteiger partial charge in [0.15, 0.2) is 0 Å². The molecule has 0 fully saturated rings. The maximum absolute atomic E-state index is 8.85. The minimum atomic E-state index is 0.274. The molecule has 1 aromatic heterocycles. The summed E-state index contributed by atoms with van der Waals surface area (Å²) in [7, 11) is 0. The lowest BCUT2D eigenvalue weighted by Gasteiger charge is -2.26. The van der Waals surface area contributed by atoms with Crippen LogP contribution in [0.4, 0.5) is 0 Å². The van der Waals surface area contributed by atoms with Crippen LogP contribution in [0.15, 0.2) is 24.5 Å². The molecule has 90 valence electrons. The van der Waals surface area contributed by atoms with Gasteiger partial charge in [0.1, 0.15) is 0 Å². The van der Waals surface area contributed by atoms with Gasteiger partial charge in [-0.25, -0.2) is 0 Å². The molecule has 0 unspecified atom stereocenters. The maximum Gasteiger partial charge on any atom is 0.0443 e. The summed E-state index contributed by atoms with van der Waals surface area (Å²) in [5, 5.41) is 8.85. The van der Waals surface area contributed by atoms with E-state index in [1.165, 1.54) is 5.56 Å². The minimum Gasteiger partial charge on any atom is -0.396 e. The number of hydrogen-bond acceptors (Lipinski definition) is 3. The number of aliphatic hydroxyl groups excluding tert-OH is 1. The quantitative estimate of drug-likeness (QED) is 0.763. The Hall–Kier alpha value is -0.930. The normalized spacial score (nSPS) is 11.3. The molecule has 1 heterocycles. The van der Waals surface area contributed by atoms with Gasteiger partial charge < -0.3 is 10.0 Å². The zero-order valence-corrected chi connectivity index (χ0v) is 10.3. The molecule has 0 bridgehead atoms. The van der Waals surface area contributed by atoms with Crippen LogP contribution in [0.2, 0.25) is 0 Å². The highest BCUT2D eigenvalue weighted by Gasteiger charge is 2.08. The van der Waals surface area contributed by atoms with E-state index in [4.69, 9.17) is 5.11 Å². The minimum absolute atomic E-state index is 0.274. The Morgan fingerprint density at radius 1 is 1.38 bits per heavy atom. The highest BCUT2D eigenvalue weighted by atomic mass is 16.3. The number of aliphatic hydroxyl groups is 1. The van der Waals surface area contributed by atoms with Gasteiger partial charge in [0.25, 0.3) is 0 Å². The van der Waals surface area contributed by atoms with Gasteiger partial charge >= 0.3 is 0 Å². The van der Waals surface area contributed by atoms with Crippen LogP contribution in [0.25, 0.3) is 0 Å². The van der Waals surface area contributed by atoms with Crippen molar-refractivity contribution in [3.63, 3.8) is 0 Å². The fraction of sp³-hybridized carbons (Fsp3) is 0.615. The van der Waals surface area contributed by atoms with Crippen LogP contribution in [0.5, 0.6) is 0 Å². The summed E-state index contributed by atoms with van der Waals surface area (Å²) in [6.07, 6.45) is 5.60. The van der Waals surface area contributed by atoms with Crippen molar-refractivity contribution in [2.75, 3.05) is 19.7 Å². The number of pyridine rings is 1. The third-order valence-corrected chi connectivity index (χ3v) is 2.74. The molecule has 1 rings (SSSR count). The van der Waals surface area contributed by atoms with Crippen LogP contribution in [0.3, 0.4) is 0 Å². The van der Waals surface area contributed by atoms with Gasteiger partial charge in [0, 0.05) is 38.1 Å². The second kappa shape index (κ2) is 7.36. The third kappa shape index (κ3) is 4.73. The first-order valence-electron chi connectivity index (χ1n) is 5.98. The molecule has 16 heavy (non-hydrogen) atoms. The Labute approximate surface area is 98.1 Å². The Morgan fingerprint density at radius 2 is 2.19 bits per heavy atom. The molecule has 0 spiro atoms. The molecule has 0 aliphatic carbocycles. The Kier molecular flexibility index (Phi) is 6.04. The van der Waals surface area contributed by atoms with E-state index in [1.807, 2.05) is 12.3 Å². The van der Waals surface area contributed by atoms with Crippen molar-refractivity contribution in [1.29, 1.82) is 0 Å². The van der Waals surface area contributed by atoms with Crippen molar-refractivity contribution in [1.82, 2.24) is 9.88 Å². The zero-order chi connectivity index (χ0) is 11.8. The van der Waals surface area contributed by atoms with Gasteiger partial charge in [-0.2, -0.15) is 0 Å². The number of hydrogen-bond donors (Lipinski definition) is 1. The van der Waals surface area contributed by atoms with Gasteiger partial charge in [0.2, 0.25) is 0 Å². The molecule has 1 N–H and O–H groups in total. The number of rotatable bonds is 7. The predicted octanol–water partition coefficient (Wildman–Crippen LogP) is 1.72. The fourth-order valence-corrected chi connectivity index (χ4v) is 1.72. The number of nitrogens with zero attached hydrogens (tertiary/aromatic N) is 2. The van der Waals surface area contributed by atoms with E-state index in [9.17, 15) is 0 Å². The average molecular weight is 222 g/mol. The monoisotopic (exact) mass is 222 g/mol. The smallest absolute Gasteiger partial charge is 0.0443 e. The lowest BCUT2D eigenvalue weighted by Crippen LogP contribution is -2.34. The van der Waals surface area contributed by atoms with Crippen molar-refractivity contribution < 1.29 is 5.11 Å². The molecular formula is C13H22N2O.